The molecule has 0 bridgehead atoms. The van der Waals surface area contributed by atoms with Gasteiger partial charge in [0, 0.05) is 19.1 Å². The van der Waals surface area contributed by atoms with E-state index in [0.29, 0.717) is 18.9 Å². The van der Waals surface area contributed by atoms with Crippen LogP contribution in [0.4, 0.5) is 0 Å². The Labute approximate surface area is 115 Å². The van der Waals surface area contributed by atoms with Crippen molar-refractivity contribution in [1.29, 1.82) is 0 Å². The number of likely N-dealkylation sites (tertiary alicyclic amines) is 1. The first-order chi connectivity index (χ1) is 8.96. The summed E-state index contributed by atoms with van der Waals surface area (Å²) in [5.74, 6) is 0.493. The van der Waals surface area contributed by atoms with Crippen LogP contribution in [-0.4, -0.2) is 49.9 Å². The van der Waals surface area contributed by atoms with Gasteiger partial charge in [0.2, 0.25) is 5.91 Å². The highest BCUT2D eigenvalue weighted by atomic mass is 32.2. The number of piperidine rings is 1. The van der Waals surface area contributed by atoms with Gasteiger partial charge in [-0.1, -0.05) is 13.3 Å². The largest absolute Gasteiger partial charge is 0.338 e. The van der Waals surface area contributed by atoms with Gasteiger partial charge in [-0.3, -0.25) is 4.79 Å². The zero-order valence-corrected chi connectivity index (χ0v) is 12.4. The first-order valence-corrected chi connectivity index (χ1v) is 9.00. The first kappa shape index (κ1) is 14.8. The molecule has 2 heterocycles. The van der Waals surface area contributed by atoms with Crippen molar-refractivity contribution in [2.24, 2.45) is 17.6 Å². The lowest BCUT2D eigenvalue weighted by Gasteiger charge is -2.40. The molecule has 2 rings (SSSR count). The van der Waals surface area contributed by atoms with Crippen molar-refractivity contribution in [2.75, 3.05) is 24.6 Å². The molecule has 2 saturated heterocycles. The zero-order chi connectivity index (χ0) is 14.0. The average molecular weight is 288 g/mol. The molecule has 0 aromatic carbocycles. The molecule has 6 heteroatoms. The normalized spacial score (nSPS) is 34.4. The van der Waals surface area contributed by atoms with Gasteiger partial charge in [0.1, 0.15) is 0 Å². The molecule has 19 heavy (non-hydrogen) atoms. The first-order valence-electron chi connectivity index (χ1n) is 7.17. The highest BCUT2D eigenvalue weighted by molar-refractivity contribution is 7.91. The lowest BCUT2D eigenvalue weighted by molar-refractivity contribution is -0.139. The molecule has 0 spiro atoms. The second kappa shape index (κ2) is 5.79. The average Bonchev–Trinajstić information content (AvgIpc) is 2.77. The van der Waals surface area contributed by atoms with E-state index >= 15 is 0 Å². The van der Waals surface area contributed by atoms with E-state index in [1.807, 2.05) is 4.90 Å². The van der Waals surface area contributed by atoms with Crippen LogP contribution in [0.5, 0.6) is 0 Å². The van der Waals surface area contributed by atoms with Gasteiger partial charge in [-0.15, -0.1) is 0 Å². The third-order valence-corrected chi connectivity index (χ3v) is 6.31. The van der Waals surface area contributed by atoms with E-state index in [4.69, 9.17) is 5.73 Å². The topological polar surface area (TPSA) is 80.5 Å². The Morgan fingerprint density at radius 3 is 2.63 bits per heavy atom. The predicted molar refractivity (Wildman–Crippen MR) is 74.3 cm³/mol. The molecule has 0 aromatic heterocycles. The van der Waals surface area contributed by atoms with Crippen molar-refractivity contribution in [3.63, 3.8) is 0 Å². The third-order valence-electron chi connectivity index (χ3n) is 4.54. The minimum atomic E-state index is -3.00. The smallest absolute Gasteiger partial charge is 0.227 e. The van der Waals surface area contributed by atoms with Crippen molar-refractivity contribution >= 4 is 15.7 Å². The van der Waals surface area contributed by atoms with Crippen LogP contribution < -0.4 is 5.73 Å². The molecule has 3 atom stereocenters. The summed E-state index contributed by atoms with van der Waals surface area (Å²) in [4.78, 5) is 14.3. The van der Waals surface area contributed by atoms with E-state index in [9.17, 15) is 13.2 Å². The molecule has 110 valence electrons. The number of nitrogens with two attached hydrogens (primary N) is 1. The number of nitrogens with zero attached hydrogens (tertiary/aromatic N) is 1. The van der Waals surface area contributed by atoms with Crippen molar-refractivity contribution < 1.29 is 13.2 Å². The Balaban J connectivity index is 2.02. The highest BCUT2D eigenvalue weighted by Crippen LogP contribution is 2.28. The number of carbonyl (C=O) groups excluding carboxylic acids is 1. The molecular weight excluding hydrogens is 264 g/mol. The molecule has 2 fully saturated rings. The molecule has 0 aromatic rings. The second-order valence-electron chi connectivity index (χ2n) is 5.82. The van der Waals surface area contributed by atoms with Crippen LogP contribution in [0.15, 0.2) is 0 Å². The van der Waals surface area contributed by atoms with Crippen molar-refractivity contribution in [1.82, 2.24) is 4.90 Å². The summed E-state index contributed by atoms with van der Waals surface area (Å²) in [7, 11) is -3.00. The van der Waals surface area contributed by atoms with Crippen molar-refractivity contribution in [2.45, 2.75) is 38.6 Å². The third kappa shape index (κ3) is 3.28. The van der Waals surface area contributed by atoms with E-state index in [-0.39, 0.29) is 29.4 Å². The molecule has 2 aliphatic rings. The van der Waals surface area contributed by atoms with Gasteiger partial charge < -0.3 is 10.6 Å². The SMILES string of the molecule is CCC1CCN(C(=O)C2CCS(=O)(=O)C2)C(CN)C1. The van der Waals surface area contributed by atoms with Crippen molar-refractivity contribution in [3.8, 4) is 0 Å². The van der Waals surface area contributed by atoms with Crippen LogP contribution in [0, 0.1) is 11.8 Å². The molecular formula is C13H24N2O3S. The van der Waals surface area contributed by atoms with E-state index in [1.54, 1.807) is 0 Å². The van der Waals surface area contributed by atoms with Crippen molar-refractivity contribution in [3.05, 3.63) is 0 Å². The number of hydrogen-bond acceptors (Lipinski definition) is 4. The van der Waals surface area contributed by atoms with E-state index in [2.05, 4.69) is 6.92 Å². The lowest BCUT2D eigenvalue weighted by atomic mass is 9.88. The maximum Gasteiger partial charge on any atom is 0.227 e. The summed E-state index contributed by atoms with van der Waals surface area (Å²) in [6, 6.07) is 0.0921. The van der Waals surface area contributed by atoms with E-state index < -0.39 is 9.84 Å². The summed E-state index contributed by atoms with van der Waals surface area (Å²) in [6.07, 6.45) is 3.57. The Hall–Kier alpha value is -0.620. The molecule has 1 amide bonds. The molecule has 5 nitrogen and oxygen atoms in total. The van der Waals surface area contributed by atoms with Crippen LogP contribution in [0.1, 0.15) is 32.6 Å². The summed E-state index contributed by atoms with van der Waals surface area (Å²) >= 11 is 0. The Kier molecular flexibility index (Phi) is 4.50. The van der Waals surface area contributed by atoms with Gasteiger partial charge in [-0.05, 0) is 25.2 Å². The fraction of sp³-hybridized carbons (Fsp3) is 0.923. The number of rotatable bonds is 3. The molecule has 0 saturated carbocycles. The van der Waals surface area contributed by atoms with E-state index in [0.717, 1.165) is 25.8 Å². The number of sulfone groups is 1. The summed E-state index contributed by atoms with van der Waals surface area (Å²) in [5, 5.41) is 0. The fourth-order valence-corrected chi connectivity index (χ4v) is 4.98. The van der Waals surface area contributed by atoms with Crippen LogP contribution in [0.25, 0.3) is 0 Å². The van der Waals surface area contributed by atoms with Gasteiger partial charge in [-0.2, -0.15) is 0 Å². The quantitative estimate of drug-likeness (QED) is 0.815. The molecule has 2 N–H and O–H groups in total. The monoisotopic (exact) mass is 288 g/mol. The van der Waals surface area contributed by atoms with Gasteiger partial charge in [0.15, 0.2) is 9.84 Å². The van der Waals surface area contributed by atoms with Crippen LogP contribution in [0.3, 0.4) is 0 Å². The Morgan fingerprint density at radius 2 is 2.11 bits per heavy atom. The Bertz CT molecular complexity index is 435. The fourth-order valence-electron chi connectivity index (χ4n) is 3.24. The van der Waals surface area contributed by atoms with Gasteiger partial charge in [0.25, 0.3) is 0 Å². The lowest BCUT2D eigenvalue weighted by Crippen LogP contribution is -2.51. The summed E-state index contributed by atoms with van der Waals surface area (Å²) < 4.78 is 23.0. The van der Waals surface area contributed by atoms with Gasteiger partial charge in [-0.25, -0.2) is 8.42 Å². The highest BCUT2D eigenvalue weighted by Gasteiger charge is 2.38. The number of amides is 1. The van der Waals surface area contributed by atoms with Crippen LogP contribution >= 0.6 is 0 Å². The molecule has 0 radical (unpaired) electrons. The Morgan fingerprint density at radius 1 is 1.37 bits per heavy atom. The molecule has 2 aliphatic heterocycles. The standard InChI is InChI=1S/C13H24N2O3S/c1-2-10-3-5-15(12(7-10)8-14)13(16)11-4-6-19(17,18)9-11/h10-12H,2-9,14H2,1H3. The zero-order valence-electron chi connectivity index (χ0n) is 11.5. The molecule has 3 unspecified atom stereocenters. The van der Waals surface area contributed by atoms with E-state index in [1.165, 1.54) is 0 Å². The maximum atomic E-state index is 12.5. The number of hydrogen-bond donors (Lipinski definition) is 1. The van der Waals surface area contributed by atoms with Crippen LogP contribution in [0.2, 0.25) is 0 Å². The molecule has 0 aliphatic carbocycles. The van der Waals surface area contributed by atoms with Crippen LogP contribution in [-0.2, 0) is 14.6 Å². The summed E-state index contributed by atoms with van der Waals surface area (Å²) in [6.45, 7) is 3.37. The van der Waals surface area contributed by atoms with Gasteiger partial charge in [0.05, 0.1) is 17.4 Å². The predicted octanol–water partition coefficient (Wildman–Crippen LogP) is 0.397. The number of carbonyl (C=O) groups is 1. The minimum absolute atomic E-state index is 0.00563. The summed E-state index contributed by atoms with van der Waals surface area (Å²) in [5.41, 5.74) is 5.79. The minimum Gasteiger partial charge on any atom is -0.338 e. The second-order valence-corrected chi connectivity index (χ2v) is 8.05. The van der Waals surface area contributed by atoms with Gasteiger partial charge >= 0.3 is 0 Å². The maximum absolute atomic E-state index is 12.5.